The van der Waals surface area contributed by atoms with Crippen molar-refractivity contribution in [3.8, 4) is 11.5 Å². The number of rotatable bonds is 8. The first-order valence-corrected chi connectivity index (χ1v) is 6.10. The molecule has 21 heavy (non-hydrogen) atoms. The molecule has 1 aromatic rings. The molecule has 0 spiro atoms. The number of benzene rings is 1. The van der Waals surface area contributed by atoms with E-state index in [2.05, 4.69) is 15.4 Å². The van der Waals surface area contributed by atoms with Gasteiger partial charge in [0.15, 0.2) is 0 Å². The molecule has 0 unspecified atom stereocenters. The van der Waals surface area contributed by atoms with Crippen LogP contribution in [0.3, 0.4) is 0 Å². The summed E-state index contributed by atoms with van der Waals surface area (Å²) in [6.07, 6.45) is 0.311. The number of methoxy groups -OCH3 is 1. The highest BCUT2D eigenvalue weighted by atomic mass is 35.5. The zero-order valence-corrected chi connectivity index (χ0v) is 12.6. The van der Waals surface area contributed by atoms with Crippen LogP contribution in [0.15, 0.2) is 18.2 Å². The third-order valence-electron chi connectivity index (χ3n) is 2.56. The van der Waals surface area contributed by atoms with Crippen LogP contribution in [0.25, 0.3) is 0 Å². The molecule has 0 saturated carbocycles. The Kier molecular flexibility index (Phi) is 9.40. The van der Waals surface area contributed by atoms with E-state index in [0.717, 1.165) is 0 Å². The monoisotopic (exact) mass is 324 g/mol. The van der Waals surface area contributed by atoms with Crippen molar-refractivity contribution in [3.63, 3.8) is 0 Å². The van der Waals surface area contributed by atoms with Crippen LogP contribution in [-0.4, -0.2) is 33.2 Å². The number of hydrogen-bond acceptors (Lipinski definition) is 4. The Balaban J connectivity index is 0.00000400. The molecule has 0 aliphatic rings. The first-order chi connectivity index (χ1) is 9.56. The normalized spacial score (nSPS) is 9.95. The van der Waals surface area contributed by atoms with Gasteiger partial charge in [-0.2, -0.15) is 8.78 Å². The van der Waals surface area contributed by atoms with Gasteiger partial charge < -0.3 is 20.1 Å². The largest absolute Gasteiger partial charge is 0.497 e. The van der Waals surface area contributed by atoms with Crippen LogP contribution in [0.5, 0.6) is 11.5 Å². The molecule has 5 nitrogen and oxygen atoms in total. The average Bonchev–Trinajstić information content (AvgIpc) is 2.43. The van der Waals surface area contributed by atoms with Gasteiger partial charge >= 0.3 is 6.61 Å². The summed E-state index contributed by atoms with van der Waals surface area (Å²) in [5.41, 5.74) is 0.433. The van der Waals surface area contributed by atoms with E-state index in [9.17, 15) is 13.6 Å². The number of halogens is 3. The molecule has 0 fully saturated rings. The summed E-state index contributed by atoms with van der Waals surface area (Å²) >= 11 is 0. The minimum atomic E-state index is -2.91. The number of alkyl halides is 2. The van der Waals surface area contributed by atoms with Crippen molar-refractivity contribution in [2.75, 3.05) is 20.7 Å². The van der Waals surface area contributed by atoms with Crippen LogP contribution >= 0.6 is 12.4 Å². The van der Waals surface area contributed by atoms with Gasteiger partial charge in [-0.1, -0.05) is 0 Å². The summed E-state index contributed by atoms with van der Waals surface area (Å²) in [6.45, 7) is -2.27. The molecule has 0 radical (unpaired) electrons. The fraction of sp³-hybridized carbons (Fsp3) is 0.462. The van der Waals surface area contributed by atoms with E-state index < -0.39 is 6.61 Å². The highest BCUT2D eigenvalue weighted by molar-refractivity contribution is 5.85. The van der Waals surface area contributed by atoms with Crippen LogP contribution in [0.4, 0.5) is 8.78 Å². The van der Waals surface area contributed by atoms with Crippen molar-refractivity contribution in [2.24, 2.45) is 0 Å². The van der Waals surface area contributed by atoms with Crippen molar-refractivity contribution in [1.29, 1.82) is 0 Å². The van der Waals surface area contributed by atoms with Crippen LogP contribution < -0.4 is 20.1 Å². The Morgan fingerprint density at radius 1 is 1.38 bits per heavy atom. The Hall–Kier alpha value is -1.60. The average molecular weight is 325 g/mol. The van der Waals surface area contributed by atoms with Gasteiger partial charge in [-0.05, 0) is 25.2 Å². The molecule has 0 aromatic heterocycles. The summed E-state index contributed by atoms with van der Waals surface area (Å²) in [5, 5.41) is 5.49. The van der Waals surface area contributed by atoms with Crippen molar-refractivity contribution >= 4 is 18.3 Å². The lowest BCUT2D eigenvalue weighted by Crippen LogP contribution is -2.26. The molecule has 8 heteroatoms. The van der Waals surface area contributed by atoms with Gasteiger partial charge in [-0.25, -0.2) is 0 Å². The molecule has 0 atom stereocenters. The van der Waals surface area contributed by atoms with Crippen LogP contribution in [0, 0.1) is 0 Å². The van der Waals surface area contributed by atoms with Crippen molar-refractivity contribution in [3.05, 3.63) is 23.8 Å². The second-order valence-corrected chi connectivity index (χ2v) is 3.98. The van der Waals surface area contributed by atoms with Gasteiger partial charge in [0.1, 0.15) is 11.5 Å². The van der Waals surface area contributed by atoms with Crippen LogP contribution in [-0.2, 0) is 11.3 Å². The Labute approximate surface area is 128 Å². The highest BCUT2D eigenvalue weighted by Crippen LogP contribution is 2.25. The standard InChI is InChI=1S/C13H18F2N2O3.ClH/c1-16-6-5-12(18)17-8-9-7-10(19-2)3-4-11(9)20-13(14)15;/h3-4,7,13,16H,5-6,8H2,1-2H3,(H,17,18);1H. The Bertz CT molecular complexity index is 447. The van der Waals surface area contributed by atoms with E-state index in [1.807, 2.05) is 0 Å². The molecular formula is C13H19ClF2N2O3. The summed E-state index contributed by atoms with van der Waals surface area (Å²) in [6, 6.07) is 4.46. The fourth-order valence-corrected chi connectivity index (χ4v) is 1.55. The smallest absolute Gasteiger partial charge is 0.387 e. The molecule has 0 aliphatic carbocycles. The lowest BCUT2D eigenvalue weighted by Gasteiger charge is -2.13. The topological polar surface area (TPSA) is 59.6 Å². The molecule has 2 N–H and O–H groups in total. The summed E-state index contributed by atoms with van der Waals surface area (Å²) in [7, 11) is 3.21. The quantitative estimate of drug-likeness (QED) is 0.767. The lowest BCUT2D eigenvalue weighted by atomic mass is 10.2. The molecule has 0 aliphatic heterocycles. The first-order valence-electron chi connectivity index (χ1n) is 6.10. The number of carbonyl (C=O) groups is 1. The van der Waals surface area contributed by atoms with Gasteiger partial charge in [-0.15, -0.1) is 12.4 Å². The summed E-state index contributed by atoms with van der Waals surface area (Å²) in [4.78, 5) is 11.5. The minimum Gasteiger partial charge on any atom is -0.497 e. The highest BCUT2D eigenvalue weighted by Gasteiger charge is 2.11. The number of nitrogens with one attached hydrogen (secondary N) is 2. The summed E-state index contributed by atoms with van der Waals surface area (Å²) < 4.78 is 34.0. The van der Waals surface area contributed by atoms with Crippen molar-refractivity contribution in [2.45, 2.75) is 19.6 Å². The second-order valence-electron chi connectivity index (χ2n) is 3.98. The third kappa shape index (κ3) is 7.10. The summed E-state index contributed by atoms with van der Waals surface area (Å²) in [5.74, 6) is 0.353. The minimum absolute atomic E-state index is 0. The van der Waals surface area contributed by atoms with Gasteiger partial charge in [0.05, 0.1) is 7.11 Å². The van der Waals surface area contributed by atoms with Gasteiger partial charge in [0.2, 0.25) is 5.91 Å². The molecule has 1 amide bonds. The molecule has 120 valence electrons. The van der Waals surface area contributed by atoms with E-state index in [1.165, 1.54) is 19.2 Å². The second kappa shape index (κ2) is 10.2. The Morgan fingerprint density at radius 3 is 2.67 bits per heavy atom. The SMILES string of the molecule is CNCCC(=O)NCc1cc(OC)ccc1OC(F)F.Cl. The van der Waals surface area contributed by atoms with E-state index >= 15 is 0 Å². The maximum absolute atomic E-state index is 12.3. The van der Waals surface area contributed by atoms with E-state index in [1.54, 1.807) is 13.1 Å². The first kappa shape index (κ1) is 19.4. The fourth-order valence-electron chi connectivity index (χ4n) is 1.55. The van der Waals surface area contributed by atoms with Gasteiger partial charge in [-0.3, -0.25) is 4.79 Å². The Morgan fingerprint density at radius 2 is 2.10 bits per heavy atom. The van der Waals surface area contributed by atoms with Crippen molar-refractivity contribution < 1.29 is 23.0 Å². The third-order valence-corrected chi connectivity index (χ3v) is 2.56. The van der Waals surface area contributed by atoms with Crippen LogP contribution in [0.1, 0.15) is 12.0 Å². The number of hydrogen-bond donors (Lipinski definition) is 2. The number of carbonyl (C=O) groups excluding carboxylic acids is 1. The molecule has 0 saturated heterocycles. The van der Waals surface area contributed by atoms with E-state index in [-0.39, 0.29) is 30.6 Å². The zero-order valence-electron chi connectivity index (χ0n) is 11.8. The maximum Gasteiger partial charge on any atom is 0.387 e. The molecule has 0 heterocycles. The van der Waals surface area contributed by atoms with Crippen LogP contribution in [0.2, 0.25) is 0 Å². The maximum atomic E-state index is 12.3. The van der Waals surface area contributed by atoms with E-state index in [4.69, 9.17) is 4.74 Å². The molecular weight excluding hydrogens is 306 g/mol. The van der Waals surface area contributed by atoms with Gasteiger partial charge in [0, 0.05) is 25.1 Å². The predicted molar refractivity (Wildman–Crippen MR) is 77.3 cm³/mol. The van der Waals surface area contributed by atoms with Gasteiger partial charge in [0.25, 0.3) is 0 Å². The lowest BCUT2D eigenvalue weighted by molar-refractivity contribution is -0.121. The predicted octanol–water partition coefficient (Wildman–Crippen LogP) is 1.94. The molecule has 1 aromatic carbocycles. The number of amides is 1. The number of ether oxygens (including phenoxy) is 2. The zero-order chi connectivity index (χ0) is 15.0. The van der Waals surface area contributed by atoms with Crippen molar-refractivity contribution in [1.82, 2.24) is 10.6 Å². The molecule has 0 bridgehead atoms. The molecule has 1 rings (SSSR count). The van der Waals surface area contributed by atoms with E-state index in [0.29, 0.717) is 24.3 Å².